The summed E-state index contributed by atoms with van der Waals surface area (Å²) in [7, 11) is 0. The Balaban J connectivity index is 0.000000581. The SMILES string of the molecule is CC(C)c1cccc(C(C)C)c1O.Cc1cc(C)c(O)c(CN(CCO)CCO)c1.[Ti]. The van der Waals surface area contributed by atoms with Crippen molar-refractivity contribution in [3.8, 4) is 11.5 Å². The number of aliphatic hydroxyl groups excluding tert-OH is 2. The van der Waals surface area contributed by atoms with Crippen molar-refractivity contribution in [1.82, 2.24) is 4.90 Å². The molecule has 2 aromatic carbocycles. The van der Waals surface area contributed by atoms with E-state index in [2.05, 4.69) is 27.7 Å². The molecule has 0 unspecified atom stereocenters. The Morgan fingerprint density at radius 3 is 1.71 bits per heavy atom. The summed E-state index contributed by atoms with van der Waals surface area (Å²) < 4.78 is 0. The van der Waals surface area contributed by atoms with Crippen LogP contribution in [0, 0.1) is 13.8 Å². The third-order valence-electron chi connectivity index (χ3n) is 5.09. The number of hydrogen-bond donors (Lipinski definition) is 4. The van der Waals surface area contributed by atoms with Crippen LogP contribution in [-0.4, -0.2) is 51.6 Å². The van der Waals surface area contributed by atoms with Crippen LogP contribution in [0.5, 0.6) is 11.5 Å². The summed E-state index contributed by atoms with van der Waals surface area (Å²) in [5.74, 6) is 1.56. The van der Waals surface area contributed by atoms with Crippen LogP contribution in [-0.2, 0) is 28.3 Å². The zero-order chi connectivity index (χ0) is 22.8. The quantitative estimate of drug-likeness (QED) is 0.434. The van der Waals surface area contributed by atoms with Crippen LogP contribution >= 0.6 is 0 Å². The van der Waals surface area contributed by atoms with Crippen LogP contribution in [0.1, 0.15) is 67.3 Å². The van der Waals surface area contributed by atoms with Gasteiger partial charge >= 0.3 is 0 Å². The van der Waals surface area contributed by atoms with Crippen molar-refractivity contribution in [3.05, 3.63) is 58.1 Å². The fourth-order valence-corrected chi connectivity index (χ4v) is 3.47. The van der Waals surface area contributed by atoms with E-state index >= 15 is 0 Å². The number of phenolic OH excluding ortho intramolecular Hbond substituents is 2. The van der Waals surface area contributed by atoms with Gasteiger partial charge in [-0.05, 0) is 42.4 Å². The fraction of sp³-hybridized carbons (Fsp3) is 0.520. The molecule has 31 heavy (non-hydrogen) atoms. The Morgan fingerprint density at radius 1 is 0.806 bits per heavy atom. The molecule has 172 valence electrons. The maximum Gasteiger partial charge on any atom is 0.122 e. The number of rotatable bonds is 8. The fourth-order valence-electron chi connectivity index (χ4n) is 3.47. The zero-order valence-corrected chi connectivity index (χ0v) is 21.4. The van der Waals surface area contributed by atoms with E-state index < -0.39 is 0 Å². The minimum atomic E-state index is 0. The van der Waals surface area contributed by atoms with Crippen molar-refractivity contribution in [2.24, 2.45) is 0 Å². The Bertz CT molecular complexity index is 761. The number of para-hydroxylation sites is 1. The number of aromatic hydroxyl groups is 2. The van der Waals surface area contributed by atoms with Crippen molar-refractivity contribution in [1.29, 1.82) is 0 Å². The predicted molar refractivity (Wildman–Crippen MR) is 123 cm³/mol. The molecule has 6 heteroatoms. The first-order valence-corrected chi connectivity index (χ1v) is 10.7. The van der Waals surface area contributed by atoms with Gasteiger partial charge in [0.15, 0.2) is 0 Å². The van der Waals surface area contributed by atoms with Crippen molar-refractivity contribution in [3.63, 3.8) is 0 Å². The summed E-state index contributed by atoms with van der Waals surface area (Å²) in [6.45, 7) is 13.9. The van der Waals surface area contributed by atoms with E-state index in [1.54, 1.807) is 0 Å². The van der Waals surface area contributed by atoms with Crippen LogP contribution in [0.3, 0.4) is 0 Å². The molecule has 0 amide bonds. The second-order valence-electron chi connectivity index (χ2n) is 8.41. The van der Waals surface area contributed by atoms with E-state index in [0.717, 1.165) is 27.8 Å². The summed E-state index contributed by atoms with van der Waals surface area (Å²) in [5, 5.41) is 37.8. The average molecular weight is 465 g/mol. The monoisotopic (exact) mass is 465 g/mol. The van der Waals surface area contributed by atoms with Gasteiger partial charge in [-0.25, -0.2) is 0 Å². The molecular weight excluding hydrogens is 426 g/mol. The molecule has 0 aliphatic carbocycles. The van der Waals surface area contributed by atoms with E-state index in [1.807, 2.05) is 49.1 Å². The first-order chi connectivity index (χ1) is 14.1. The number of phenols is 2. The van der Waals surface area contributed by atoms with Gasteiger partial charge in [0, 0.05) is 46.9 Å². The molecule has 0 saturated heterocycles. The van der Waals surface area contributed by atoms with E-state index in [4.69, 9.17) is 10.2 Å². The molecule has 0 aliphatic heterocycles. The van der Waals surface area contributed by atoms with Crippen LogP contribution in [0.2, 0.25) is 0 Å². The second kappa shape index (κ2) is 14.6. The van der Waals surface area contributed by atoms with Crippen molar-refractivity contribution >= 4 is 0 Å². The van der Waals surface area contributed by atoms with E-state index in [-0.39, 0.29) is 34.9 Å². The third kappa shape index (κ3) is 9.34. The molecule has 0 saturated carbocycles. The van der Waals surface area contributed by atoms with Gasteiger partial charge in [-0.1, -0.05) is 63.6 Å². The minimum Gasteiger partial charge on any atom is -0.507 e. The van der Waals surface area contributed by atoms with Crippen molar-refractivity contribution in [2.45, 2.75) is 59.9 Å². The van der Waals surface area contributed by atoms with Gasteiger partial charge in [0.05, 0.1) is 13.2 Å². The van der Waals surface area contributed by atoms with E-state index in [0.29, 0.717) is 43.0 Å². The normalized spacial score (nSPS) is 10.8. The van der Waals surface area contributed by atoms with Gasteiger partial charge in [0.2, 0.25) is 0 Å². The molecule has 0 radical (unpaired) electrons. The van der Waals surface area contributed by atoms with Gasteiger partial charge in [0.1, 0.15) is 11.5 Å². The summed E-state index contributed by atoms with van der Waals surface area (Å²) in [4.78, 5) is 1.91. The molecule has 4 N–H and O–H groups in total. The third-order valence-corrected chi connectivity index (χ3v) is 5.09. The van der Waals surface area contributed by atoms with Crippen molar-refractivity contribution in [2.75, 3.05) is 26.3 Å². The van der Waals surface area contributed by atoms with Crippen LogP contribution in [0.15, 0.2) is 30.3 Å². The first-order valence-electron chi connectivity index (χ1n) is 10.7. The molecule has 0 heterocycles. The zero-order valence-electron chi connectivity index (χ0n) is 19.8. The Morgan fingerprint density at radius 2 is 1.29 bits per heavy atom. The molecule has 0 bridgehead atoms. The van der Waals surface area contributed by atoms with Crippen LogP contribution in [0.25, 0.3) is 0 Å². The Hall–Kier alpha value is -1.37. The molecule has 2 rings (SSSR count). The van der Waals surface area contributed by atoms with Gasteiger partial charge in [-0.3, -0.25) is 4.90 Å². The van der Waals surface area contributed by atoms with Gasteiger partial charge < -0.3 is 20.4 Å². The number of aryl methyl sites for hydroxylation is 2. The van der Waals surface area contributed by atoms with E-state index in [9.17, 15) is 10.2 Å². The molecule has 0 aliphatic rings. The number of nitrogens with zero attached hydrogens (tertiary/aromatic N) is 1. The second-order valence-corrected chi connectivity index (χ2v) is 8.41. The number of benzene rings is 2. The van der Waals surface area contributed by atoms with E-state index in [1.165, 1.54) is 0 Å². The standard InChI is InChI=1S/C13H21NO3.C12H18O.Ti/c1-10-7-11(2)13(17)12(8-10)9-14(3-5-15)4-6-16;1-8(2)10-6-5-7-11(9(3)4)12(10)13;/h7-8,15-17H,3-6,9H2,1-2H3;5-9,13H,1-4H3;. The summed E-state index contributed by atoms with van der Waals surface area (Å²) >= 11 is 0. The molecule has 0 spiro atoms. The van der Waals surface area contributed by atoms with Crippen LogP contribution in [0.4, 0.5) is 0 Å². The maximum absolute atomic E-state index is 9.96. The number of aliphatic hydroxyl groups is 2. The Kier molecular flexibility index (Phi) is 14.0. The molecule has 0 fully saturated rings. The molecular formula is C25H39NO4Ti. The topological polar surface area (TPSA) is 84.2 Å². The minimum absolute atomic E-state index is 0. The summed E-state index contributed by atoms with van der Waals surface area (Å²) in [5.41, 5.74) is 4.89. The van der Waals surface area contributed by atoms with Crippen LogP contribution < -0.4 is 0 Å². The molecule has 0 aromatic heterocycles. The van der Waals surface area contributed by atoms with Gasteiger partial charge in [-0.2, -0.15) is 0 Å². The smallest absolute Gasteiger partial charge is 0.122 e. The number of hydrogen-bond acceptors (Lipinski definition) is 5. The largest absolute Gasteiger partial charge is 0.507 e. The first kappa shape index (κ1) is 29.6. The average Bonchev–Trinajstić information content (AvgIpc) is 2.66. The maximum atomic E-state index is 9.96. The summed E-state index contributed by atoms with van der Waals surface area (Å²) in [6, 6.07) is 9.87. The molecule has 5 nitrogen and oxygen atoms in total. The van der Waals surface area contributed by atoms with Crippen molar-refractivity contribution < 1.29 is 42.1 Å². The Labute approximate surface area is 202 Å². The van der Waals surface area contributed by atoms with Gasteiger partial charge in [-0.15, -0.1) is 0 Å². The molecule has 0 atom stereocenters. The predicted octanol–water partition coefficient (Wildman–Crippen LogP) is 4.43. The summed E-state index contributed by atoms with van der Waals surface area (Å²) in [6.07, 6.45) is 0. The van der Waals surface area contributed by atoms with Gasteiger partial charge in [0.25, 0.3) is 0 Å². The molecule has 2 aromatic rings.